The molecule has 0 aliphatic carbocycles. The Morgan fingerprint density at radius 2 is 1.80 bits per heavy atom. The molecule has 30 valence electrons. The van der Waals surface area contributed by atoms with E-state index >= 15 is 0 Å². The summed E-state index contributed by atoms with van der Waals surface area (Å²) in [6.07, 6.45) is 0. The molecule has 0 aliphatic heterocycles. The van der Waals surface area contributed by atoms with Crippen molar-refractivity contribution < 1.29 is 10.3 Å². The molecule has 0 bridgehead atoms. The van der Waals surface area contributed by atoms with Crippen LogP contribution in [0, 0.1) is 10.1 Å². The van der Waals surface area contributed by atoms with Gasteiger partial charge in [-0.1, -0.05) is 0 Å². The summed E-state index contributed by atoms with van der Waals surface area (Å²) in [5.41, 5.74) is 0. The minimum Gasteiger partial charge on any atom is -0.328 e. The zero-order valence-electron chi connectivity index (χ0n) is 2.12. The minimum atomic E-state index is -1.50. The van der Waals surface area contributed by atoms with Gasteiger partial charge in [0.1, 0.15) is 0 Å². The van der Waals surface area contributed by atoms with Gasteiger partial charge in [-0.05, 0) is 0 Å². The van der Waals surface area contributed by atoms with Crippen LogP contribution in [-0.2, 0) is 0 Å². The smallest absolute Gasteiger partial charge is 0.291 e. The predicted molar refractivity (Wildman–Crippen MR) is 14.5 cm³/mol. The molecule has 0 spiro atoms. The van der Waals surface area contributed by atoms with Crippen molar-refractivity contribution in [2.24, 2.45) is 0 Å². The van der Waals surface area contributed by atoms with E-state index in [1.807, 2.05) is 0 Å². The molecule has 0 aliphatic rings. The summed E-state index contributed by atoms with van der Waals surface area (Å²) in [6.45, 7) is 0. The van der Waals surface area contributed by atoms with E-state index in [2.05, 4.69) is 0 Å². The van der Waals surface area contributed by atoms with Crippen LogP contribution >= 0.6 is 0 Å². The number of rotatable bonds is 0. The summed E-state index contributed by atoms with van der Waals surface area (Å²) in [4.78, 5) is 8.36. The first kappa shape index (κ1) is 8.89. The van der Waals surface area contributed by atoms with Crippen LogP contribution in [-0.4, -0.2) is 34.0 Å². The Kier molecular flexibility index (Phi) is 7.09. The van der Waals surface area contributed by atoms with Gasteiger partial charge >= 0.3 is 0 Å². The van der Waals surface area contributed by atoms with Crippen LogP contribution in [0.25, 0.3) is 0 Å². The van der Waals surface area contributed by atoms with Crippen LogP contribution in [0.5, 0.6) is 0 Å². The maximum Gasteiger partial charge on any atom is 0.291 e. The van der Waals surface area contributed by atoms with Gasteiger partial charge in [0.15, 0.2) is 0 Å². The first-order valence-corrected chi connectivity index (χ1v) is 0.565. The molecule has 1 N–H and O–H groups in total. The van der Waals surface area contributed by atoms with Gasteiger partial charge in [-0.25, -0.2) is 0 Å². The second-order valence-corrected chi connectivity index (χ2v) is 0.238. The van der Waals surface area contributed by atoms with E-state index in [4.69, 9.17) is 15.3 Å². The Labute approximate surface area is 44.6 Å². The van der Waals surface area contributed by atoms with Crippen LogP contribution in [0.15, 0.2) is 0 Å². The summed E-state index contributed by atoms with van der Waals surface area (Å²) in [6, 6.07) is 0. The van der Waals surface area contributed by atoms with Crippen LogP contribution < -0.4 is 0 Å². The third kappa shape index (κ3) is 146000. The molecular formula is HNO3Te. The fraction of sp³-hybridized carbons (Fsp3) is 0. The molecule has 0 aromatic rings. The third-order valence-electron chi connectivity index (χ3n) is 0. The maximum absolute atomic E-state index is 8.36. The van der Waals surface area contributed by atoms with E-state index in [1.165, 1.54) is 0 Å². The van der Waals surface area contributed by atoms with Gasteiger partial charge in [-0.15, -0.1) is 10.1 Å². The fourth-order valence-electron chi connectivity index (χ4n) is 0. The normalized spacial score (nSPS) is 4.80. The Hall–Kier alpha value is -0.0104. The van der Waals surface area contributed by atoms with Crippen molar-refractivity contribution in [3.05, 3.63) is 10.1 Å². The van der Waals surface area contributed by atoms with Crippen molar-refractivity contribution in [1.82, 2.24) is 0 Å². The molecule has 2 radical (unpaired) electrons. The van der Waals surface area contributed by atoms with Gasteiger partial charge in [0.25, 0.3) is 5.09 Å². The van der Waals surface area contributed by atoms with E-state index in [0.717, 1.165) is 0 Å². The second-order valence-electron chi connectivity index (χ2n) is 0.238. The molecule has 0 saturated heterocycles. The van der Waals surface area contributed by atoms with Crippen molar-refractivity contribution in [3.8, 4) is 0 Å². The summed E-state index contributed by atoms with van der Waals surface area (Å²) >= 11 is 0. The average Bonchev–Trinajstić information content (AvgIpc) is 0.811. The molecule has 0 saturated carbocycles. The minimum absolute atomic E-state index is 0. The Bertz CT molecular complexity index is 29.9. The van der Waals surface area contributed by atoms with Crippen LogP contribution in [0.4, 0.5) is 0 Å². The number of hydrogen-bond donors (Lipinski definition) is 1. The quantitative estimate of drug-likeness (QED) is 0.311. The molecule has 0 rings (SSSR count). The molecule has 0 fully saturated rings. The first-order chi connectivity index (χ1) is 1.73. The number of nitrogens with zero attached hydrogens (tertiary/aromatic N) is 1. The van der Waals surface area contributed by atoms with E-state index in [0.29, 0.717) is 0 Å². The average molecular weight is 191 g/mol. The largest absolute Gasteiger partial charge is 0.328 e. The third-order valence-corrected chi connectivity index (χ3v) is 0. The molecule has 0 amide bonds. The van der Waals surface area contributed by atoms with Crippen LogP contribution in [0.3, 0.4) is 0 Å². The number of hydrogen-bond acceptors (Lipinski definition) is 2. The van der Waals surface area contributed by atoms with Gasteiger partial charge < -0.3 is 5.21 Å². The van der Waals surface area contributed by atoms with Crippen molar-refractivity contribution in [2.75, 3.05) is 0 Å². The summed E-state index contributed by atoms with van der Waals surface area (Å²) in [7, 11) is 0. The van der Waals surface area contributed by atoms with Gasteiger partial charge in [0.2, 0.25) is 0 Å². The molecule has 0 heterocycles. The fourth-order valence-corrected chi connectivity index (χ4v) is 0. The standard InChI is InChI=1S/HNO3.Te/c2-1(3)4;/h(H,2,3,4);. The predicted octanol–water partition coefficient (Wildman–Crippen LogP) is -0.729. The van der Waals surface area contributed by atoms with Crippen molar-refractivity contribution >= 4 is 23.7 Å². The summed E-state index contributed by atoms with van der Waals surface area (Å²) in [5.74, 6) is 0. The Morgan fingerprint density at radius 3 is 1.80 bits per heavy atom. The molecule has 0 atom stereocenters. The molecule has 0 unspecified atom stereocenters. The van der Waals surface area contributed by atoms with Gasteiger partial charge in [0.05, 0.1) is 0 Å². The molecule has 0 aromatic heterocycles. The maximum atomic E-state index is 8.36. The molecular weight excluding hydrogens is 190 g/mol. The van der Waals surface area contributed by atoms with Gasteiger partial charge in [-0.2, -0.15) is 0 Å². The Balaban J connectivity index is 0. The van der Waals surface area contributed by atoms with Crippen LogP contribution in [0.1, 0.15) is 0 Å². The molecule has 5 heavy (non-hydrogen) atoms. The van der Waals surface area contributed by atoms with Crippen molar-refractivity contribution in [1.29, 1.82) is 0 Å². The molecule has 0 aromatic carbocycles. The van der Waals surface area contributed by atoms with E-state index in [-0.39, 0.29) is 23.7 Å². The van der Waals surface area contributed by atoms with Crippen molar-refractivity contribution in [2.45, 2.75) is 0 Å². The second kappa shape index (κ2) is 3.99. The van der Waals surface area contributed by atoms with Crippen LogP contribution in [0.2, 0.25) is 0 Å². The van der Waals surface area contributed by atoms with E-state index in [1.54, 1.807) is 0 Å². The zero-order valence-corrected chi connectivity index (χ0v) is 4.45. The SMILES string of the molecule is O=[N+]([O-])O.[Te]. The summed E-state index contributed by atoms with van der Waals surface area (Å²) in [5, 5.41) is 13.6. The topological polar surface area (TPSA) is 63.4 Å². The molecule has 4 nitrogen and oxygen atoms in total. The Morgan fingerprint density at radius 1 is 1.80 bits per heavy atom. The van der Waals surface area contributed by atoms with Gasteiger partial charge in [0, 0.05) is 23.7 Å². The monoisotopic (exact) mass is 193 g/mol. The molecule has 5 heteroatoms. The van der Waals surface area contributed by atoms with Gasteiger partial charge in [-0.3, -0.25) is 0 Å². The van der Waals surface area contributed by atoms with Crippen molar-refractivity contribution in [3.63, 3.8) is 0 Å². The zero-order chi connectivity index (χ0) is 3.58. The van der Waals surface area contributed by atoms with E-state index in [9.17, 15) is 0 Å². The first-order valence-electron chi connectivity index (χ1n) is 0.565. The summed E-state index contributed by atoms with van der Waals surface area (Å²) < 4.78 is 0. The van der Waals surface area contributed by atoms with E-state index < -0.39 is 5.09 Å².